The second kappa shape index (κ2) is 4.43. The minimum absolute atomic E-state index is 0.119. The predicted octanol–water partition coefficient (Wildman–Crippen LogP) is 2.27. The maximum atomic E-state index is 9.59. The Kier molecular flexibility index (Phi) is 3.21. The molecule has 2 heterocycles. The maximum absolute atomic E-state index is 9.59. The van der Waals surface area contributed by atoms with Crippen molar-refractivity contribution in [2.24, 2.45) is 0 Å². The highest BCUT2D eigenvalue weighted by atomic mass is 32.1. The lowest BCUT2D eigenvalue weighted by atomic mass is 10.1. The number of piperidine rings is 1. The Balaban J connectivity index is 2.00. The van der Waals surface area contributed by atoms with Crippen LogP contribution in [-0.2, 0) is 0 Å². The van der Waals surface area contributed by atoms with Gasteiger partial charge < -0.3 is 5.11 Å². The molecule has 2 nitrogen and oxygen atoms in total. The smallest absolute Gasteiger partial charge is 0.0667 e. The van der Waals surface area contributed by atoms with Crippen molar-refractivity contribution in [3.05, 3.63) is 22.4 Å². The van der Waals surface area contributed by atoms with Crippen molar-refractivity contribution in [3.8, 4) is 0 Å². The Morgan fingerprint density at radius 1 is 1.64 bits per heavy atom. The first-order valence-electron chi connectivity index (χ1n) is 5.23. The van der Waals surface area contributed by atoms with E-state index in [9.17, 15) is 5.11 Å². The summed E-state index contributed by atoms with van der Waals surface area (Å²) >= 11 is 1.80. The van der Waals surface area contributed by atoms with Crippen molar-refractivity contribution in [1.29, 1.82) is 0 Å². The summed E-state index contributed by atoms with van der Waals surface area (Å²) in [6.45, 7) is 4.18. The van der Waals surface area contributed by atoms with Crippen LogP contribution < -0.4 is 0 Å². The second-order valence-electron chi connectivity index (χ2n) is 3.98. The third-order valence-electron chi connectivity index (χ3n) is 2.93. The van der Waals surface area contributed by atoms with Gasteiger partial charge in [0, 0.05) is 17.5 Å². The van der Waals surface area contributed by atoms with Crippen LogP contribution in [0, 0.1) is 0 Å². The molecule has 2 atom stereocenters. The molecule has 1 aliphatic rings. The Hall–Kier alpha value is -0.380. The number of rotatable bonds is 2. The molecule has 1 aromatic rings. The Bertz CT molecular complexity index is 273. The fraction of sp³-hybridized carbons (Fsp3) is 0.636. The molecule has 2 rings (SSSR count). The van der Waals surface area contributed by atoms with Crippen molar-refractivity contribution in [3.63, 3.8) is 0 Å². The molecule has 0 bridgehead atoms. The quantitative estimate of drug-likeness (QED) is 0.811. The van der Waals surface area contributed by atoms with Crippen LogP contribution in [0.4, 0.5) is 0 Å². The van der Waals surface area contributed by atoms with Gasteiger partial charge in [-0.25, -0.2) is 0 Å². The van der Waals surface area contributed by atoms with Gasteiger partial charge in [0.1, 0.15) is 0 Å². The topological polar surface area (TPSA) is 23.5 Å². The average molecular weight is 211 g/mol. The summed E-state index contributed by atoms with van der Waals surface area (Å²) in [4.78, 5) is 3.78. The van der Waals surface area contributed by atoms with Crippen molar-refractivity contribution >= 4 is 11.3 Å². The summed E-state index contributed by atoms with van der Waals surface area (Å²) in [6.07, 6.45) is 1.97. The molecule has 78 valence electrons. The summed E-state index contributed by atoms with van der Waals surface area (Å²) < 4.78 is 0. The Morgan fingerprint density at radius 2 is 2.50 bits per heavy atom. The Labute approximate surface area is 89.2 Å². The number of thiophene rings is 1. The van der Waals surface area contributed by atoms with E-state index in [1.807, 2.05) is 0 Å². The van der Waals surface area contributed by atoms with Gasteiger partial charge in [-0.3, -0.25) is 4.90 Å². The first-order valence-corrected chi connectivity index (χ1v) is 6.11. The van der Waals surface area contributed by atoms with Crippen LogP contribution in [0.2, 0.25) is 0 Å². The third-order valence-corrected chi connectivity index (χ3v) is 3.97. The molecule has 0 spiro atoms. The first-order chi connectivity index (χ1) is 6.77. The van der Waals surface area contributed by atoms with Crippen LogP contribution in [0.3, 0.4) is 0 Å². The average Bonchev–Trinajstić information content (AvgIpc) is 2.69. The lowest BCUT2D eigenvalue weighted by molar-refractivity contribution is 0.0511. The number of likely N-dealkylation sites (tertiary alicyclic amines) is 1. The number of β-amino-alcohol motifs (C(OH)–C–C–N with tert-alkyl or cyclic N) is 1. The van der Waals surface area contributed by atoms with Crippen LogP contribution >= 0.6 is 11.3 Å². The van der Waals surface area contributed by atoms with Gasteiger partial charge in [-0.2, -0.15) is 0 Å². The van der Waals surface area contributed by atoms with Crippen LogP contribution in [0.1, 0.15) is 30.7 Å². The zero-order valence-corrected chi connectivity index (χ0v) is 9.33. The largest absolute Gasteiger partial charge is 0.392 e. The molecule has 1 N–H and O–H groups in total. The fourth-order valence-corrected chi connectivity index (χ4v) is 2.86. The van der Waals surface area contributed by atoms with Gasteiger partial charge in [-0.05, 0) is 37.8 Å². The highest BCUT2D eigenvalue weighted by Gasteiger charge is 2.23. The zero-order valence-electron chi connectivity index (χ0n) is 8.52. The zero-order chi connectivity index (χ0) is 9.97. The summed E-state index contributed by atoms with van der Waals surface area (Å²) in [7, 11) is 0. The van der Waals surface area contributed by atoms with E-state index >= 15 is 0 Å². The van der Waals surface area contributed by atoms with E-state index in [1.165, 1.54) is 4.88 Å². The summed E-state index contributed by atoms with van der Waals surface area (Å²) in [5, 5.41) is 11.7. The normalized spacial score (nSPS) is 26.3. The lowest BCUT2D eigenvalue weighted by Gasteiger charge is -2.34. The minimum Gasteiger partial charge on any atom is -0.392 e. The molecule has 3 heteroatoms. The van der Waals surface area contributed by atoms with Gasteiger partial charge in [-0.15, -0.1) is 11.3 Å². The lowest BCUT2D eigenvalue weighted by Crippen LogP contribution is -2.39. The number of hydrogen-bond donors (Lipinski definition) is 1. The first kappa shape index (κ1) is 10.1. The van der Waals surface area contributed by atoms with Gasteiger partial charge in [-0.1, -0.05) is 6.07 Å². The number of aliphatic hydroxyl groups excluding tert-OH is 1. The predicted molar refractivity (Wildman–Crippen MR) is 59.5 cm³/mol. The van der Waals surface area contributed by atoms with Crippen LogP contribution in [0.25, 0.3) is 0 Å². The molecule has 14 heavy (non-hydrogen) atoms. The summed E-state index contributed by atoms with van der Waals surface area (Å²) in [6, 6.07) is 4.73. The number of hydrogen-bond acceptors (Lipinski definition) is 3. The molecule has 0 amide bonds. The van der Waals surface area contributed by atoms with E-state index in [0.29, 0.717) is 6.04 Å². The number of nitrogens with zero attached hydrogens (tertiary/aromatic N) is 1. The van der Waals surface area contributed by atoms with E-state index in [2.05, 4.69) is 29.3 Å². The number of aliphatic hydroxyl groups is 1. The monoisotopic (exact) mass is 211 g/mol. The molecule has 1 aromatic heterocycles. The van der Waals surface area contributed by atoms with Crippen LogP contribution in [0.15, 0.2) is 17.5 Å². The molecule has 2 unspecified atom stereocenters. The Morgan fingerprint density at radius 3 is 3.14 bits per heavy atom. The van der Waals surface area contributed by atoms with E-state index in [1.54, 1.807) is 11.3 Å². The molecule has 1 aliphatic heterocycles. The third kappa shape index (κ3) is 2.16. The van der Waals surface area contributed by atoms with E-state index in [4.69, 9.17) is 0 Å². The minimum atomic E-state index is -0.119. The van der Waals surface area contributed by atoms with Crippen molar-refractivity contribution in [1.82, 2.24) is 4.90 Å². The maximum Gasteiger partial charge on any atom is 0.0667 e. The van der Waals surface area contributed by atoms with Crippen molar-refractivity contribution in [2.75, 3.05) is 13.1 Å². The van der Waals surface area contributed by atoms with Crippen molar-refractivity contribution in [2.45, 2.75) is 31.9 Å². The summed E-state index contributed by atoms with van der Waals surface area (Å²) in [5.41, 5.74) is 0. The van der Waals surface area contributed by atoms with E-state index in [0.717, 1.165) is 25.9 Å². The fourth-order valence-electron chi connectivity index (χ4n) is 2.04. The SMILES string of the molecule is CC(c1cccs1)N1CCCC(O)C1. The molecule has 1 saturated heterocycles. The molecule has 0 radical (unpaired) electrons. The molecular weight excluding hydrogens is 194 g/mol. The van der Waals surface area contributed by atoms with E-state index in [-0.39, 0.29) is 6.10 Å². The van der Waals surface area contributed by atoms with Gasteiger partial charge in [0.25, 0.3) is 0 Å². The van der Waals surface area contributed by atoms with Gasteiger partial charge in [0.2, 0.25) is 0 Å². The van der Waals surface area contributed by atoms with Gasteiger partial charge in [0.05, 0.1) is 6.10 Å². The van der Waals surface area contributed by atoms with Gasteiger partial charge >= 0.3 is 0 Å². The van der Waals surface area contributed by atoms with Gasteiger partial charge in [0.15, 0.2) is 0 Å². The van der Waals surface area contributed by atoms with Crippen LogP contribution in [0.5, 0.6) is 0 Å². The standard InChI is InChI=1S/C11H17NOS/c1-9(11-5-3-7-14-11)12-6-2-4-10(13)8-12/h3,5,7,9-10,13H,2,4,6,8H2,1H3. The summed E-state index contributed by atoms with van der Waals surface area (Å²) in [5.74, 6) is 0. The van der Waals surface area contributed by atoms with E-state index < -0.39 is 0 Å². The molecule has 0 aliphatic carbocycles. The van der Waals surface area contributed by atoms with Crippen LogP contribution in [-0.4, -0.2) is 29.2 Å². The molecular formula is C11H17NOS. The van der Waals surface area contributed by atoms with Crippen molar-refractivity contribution < 1.29 is 5.11 Å². The molecule has 0 saturated carbocycles. The second-order valence-corrected chi connectivity index (χ2v) is 4.96. The molecule has 0 aromatic carbocycles. The highest BCUT2D eigenvalue weighted by molar-refractivity contribution is 7.10. The highest BCUT2D eigenvalue weighted by Crippen LogP contribution is 2.27. The molecule has 1 fully saturated rings.